The van der Waals surface area contributed by atoms with E-state index in [9.17, 15) is 4.79 Å². The fourth-order valence-electron chi connectivity index (χ4n) is 2.12. The Balaban J connectivity index is 1.59. The first-order valence-corrected chi connectivity index (χ1v) is 8.89. The minimum Gasteiger partial charge on any atom is -0.341 e. The first-order valence-electron chi connectivity index (χ1n) is 6.96. The number of carbonyl (C=O) groups is 1. The highest BCUT2D eigenvalue weighted by atomic mass is 32.2. The van der Waals surface area contributed by atoms with E-state index in [1.807, 2.05) is 54.9 Å². The number of thiophene rings is 1. The van der Waals surface area contributed by atoms with Gasteiger partial charge in [-0.15, -0.1) is 0 Å². The summed E-state index contributed by atoms with van der Waals surface area (Å²) in [5, 5.41) is 6.10. The number of aromatic nitrogens is 1. The number of rotatable bonds is 5. The van der Waals surface area contributed by atoms with Gasteiger partial charge < -0.3 is 4.90 Å². The normalized spacial score (nSPS) is 10.8. The smallest absolute Gasteiger partial charge is 0.233 e. The number of pyridine rings is 1. The van der Waals surface area contributed by atoms with Crippen LogP contribution in [0.1, 0.15) is 5.56 Å². The second kappa shape index (κ2) is 6.94. The van der Waals surface area contributed by atoms with Crippen molar-refractivity contribution >= 4 is 39.9 Å². The van der Waals surface area contributed by atoms with Gasteiger partial charge in [0.25, 0.3) is 0 Å². The highest BCUT2D eigenvalue weighted by molar-refractivity contribution is 7.99. The van der Waals surface area contributed by atoms with Crippen molar-refractivity contribution in [1.29, 1.82) is 0 Å². The topological polar surface area (TPSA) is 33.2 Å². The van der Waals surface area contributed by atoms with Crippen molar-refractivity contribution in [1.82, 2.24) is 9.88 Å². The molecule has 0 unspecified atom stereocenters. The van der Waals surface area contributed by atoms with Gasteiger partial charge in [0.05, 0.1) is 16.3 Å². The van der Waals surface area contributed by atoms with E-state index >= 15 is 0 Å². The summed E-state index contributed by atoms with van der Waals surface area (Å²) in [7, 11) is 1.84. The average Bonchev–Trinajstić information content (AvgIpc) is 3.05. The Morgan fingerprint density at radius 1 is 1.23 bits per heavy atom. The zero-order valence-corrected chi connectivity index (χ0v) is 13.9. The Kier molecular flexibility index (Phi) is 4.75. The maximum absolute atomic E-state index is 12.2. The Morgan fingerprint density at radius 3 is 2.91 bits per heavy atom. The molecule has 0 bridgehead atoms. The first-order chi connectivity index (χ1) is 10.7. The molecule has 0 radical (unpaired) electrons. The molecule has 2 heterocycles. The van der Waals surface area contributed by atoms with Crippen LogP contribution in [-0.2, 0) is 11.3 Å². The van der Waals surface area contributed by atoms with Gasteiger partial charge in [0.2, 0.25) is 5.91 Å². The standard InChI is InChI=1S/C17H16N2OS2/c1-19(10-13-8-9-21-11-13)17(20)12-22-16-7-6-14-4-2-3-5-15(14)18-16/h2-9,11H,10,12H2,1H3. The lowest BCUT2D eigenvalue weighted by atomic mass is 10.2. The van der Waals surface area contributed by atoms with Crippen LogP contribution in [0.5, 0.6) is 0 Å². The third-order valence-electron chi connectivity index (χ3n) is 3.34. The van der Waals surface area contributed by atoms with Gasteiger partial charge in [-0.3, -0.25) is 4.79 Å². The van der Waals surface area contributed by atoms with Gasteiger partial charge in [-0.2, -0.15) is 11.3 Å². The minimum absolute atomic E-state index is 0.117. The summed E-state index contributed by atoms with van der Waals surface area (Å²) in [5.74, 6) is 0.526. The summed E-state index contributed by atoms with van der Waals surface area (Å²) >= 11 is 3.14. The van der Waals surface area contributed by atoms with Crippen LogP contribution in [0.25, 0.3) is 10.9 Å². The van der Waals surface area contributed by atoms with E-state index in [0.29, 0.717) is 12.3 Å². The quantitative estimate of drug-likeness (QED) is 0.663. The average molecular weight is 328 g/mol. The maximum Gasteiger partial charge on any atom is 0.233 e. The van der Waals surface area contributed by atoms with Gasteiger partial charge >= 0.3 is 0 Å². The van der Waals surface area contributed by atoms with E-state index in [0.717, 1.165) is 15.9 Å². The Labute approximate surface area is 138 Å². The Morgan fingerprint density at radius 2 is 2.09 bits per heavy atom. The van der Waals surface area contributed by atoms with Crippen LogP contribution in [0.3, 0.4) is 0 Å². The van der Waals surface area contributed by atoms with Gasteiger partial charge in [0.15, 0.2) is 0 Å². The fourth-order valence-corrected chi connectivity index (χ4v) is 3.60. The zero-order valence-electron chi connectivity index (χ0n) is 12.2. The van der Waals surface area contributed by atoms with Crippen molar-refractivity contribution in [2.24, 2.45) is 0 Å². The third kappa shape index (κ3) is 3.67. The summed E-state index contributed by atoms with van der Waals surface area (Å²) in [6, 6.07) is 14.1. The predicted octanol–water partition coefficient (Wildman–Crippen LogP) is 4.05. The molecule has 0 saturated carbocycles. The van der Waals surface area contributed by atoms with E-state index in [4.69, 9.17) is 0 Å². The Hall–Kier alpha value is -1.85. The van der Waals surface area contributed by atoms with Gasteiger partial charge in [0, 0.05) is 19.0 Å². The molecule has 112 valence electrons. The maximum atomic E-state index is 12.2. The number of para-hydroxylation sites is 1. The van der Waals surface area contributed by atoms with Gasteiger partial charge in [-0.25, -0.2) is 4.98 Å². The number of fused-ring (bicyclic) bond motifs is 1. The van der Waals surface area contributed by atoms with Crippen molar-refractivity contribution in [3.05, 3.63) is 58.8 Å². The second-order valence-electron chi connectivity index (χ2n) is 5.01. The minimum atomic E-state index is 0.117. The molecule has 5 heteroatoms. The molecule has 0 N–H and O–H groups in total. The summed E-state index contributed by atoms with van der Waals surface area (Å²) in [4.78, 5) is 18.5. The highest BCUT2D eigenvalue weighted by Gasteiger charge is 2.10. The van der Waals surface area contributed by atoms with E-state index in [1.54, 1.807) is 16.2 Å². The molecule has 0 aliphatic rings. The molecule has 1 amide bonds. The second-order valence-corrected chi connectivity index (χ2v) is 6.79. The van der Waals surface area contributed by atoms with Crippen molar-refractivity contribution in [3.8, 4) is 0 Å². The lowest BCUT2D eigenvalue weighted by Gasteiger charge is -2.16. The molecule has 2 aromatic heterocycles. The monoisotopic (exact) mass is 328 g/mol. The number of nitrogens with zero attached hydrogens (tertiary/aromatic N) is 2. The van der Waals surface area contributed by atoms with Crippen LogP contribution in [-0.4, -0.2) is 28.6 Å². The molecule has 3 nitrogen and oxygen atoms in total. The SMILES string of the molecule is CN(Cc1ccsc1)C(=O)CSc1ccc2ccccc2n1. The summed E-state index contributed by atoms with van der Waals surface area (Å²) < 4.78 is 0. The van der Waals surface area contributed by atoms with Crippen molar-refractivity contribution in [3.63, 3.8) is 0 Å². The predicted molar refractivity (Wildman–Crippen MR) is 93.3 cm³/mol. The molecule has 0 atom stereocenters. The number of thioether (sulfide) groups is 1. The first kappa shape index (κ1) is 15.1. The van der Waals surface area contributed by atoms with Gasteiger partial charge in [0.1, 0.15) is 0 Å². The van der Waals surface area contributed by atoms with Gasteiger partial charge in [-0.1, -0.05) is 36.0 Å². The Bertz CT molecular complexity index is 771. The van der Waals surface area contributed by atoms with Crippen LogP contribution >= 0.6 is 23.1 Å². The van der Waals surface area contributed by atoms with Gasteiger partial charge in [-0.05, 0) is 34.5 Å². The largest absolute Gasteiger partial charge is 0.341 e. The van der Waals surface area contributed by atoms with Crippen LogP contribution in [0, 0.1) is 0 Å². The molecule has 22 heavy (non-hydrogen) atoms. The number of benzene rings is 1. The lowest BCUT2D eigenvalue weighted by Crippen LogP contribution is -2.27. The third-order valence-corrected chi connectivity index (χ3v) is 4.99. The van der Waals surface area contributed by atoms with E-state index in [2.05, 4.69) is 10.4 Å². The van der Waals surface area contributed by atoms with E-state index in [1.165, 1.54) is 17.3 Å². The summed E-state index contributed by atoms with van der Waals surface area (Å²) in [6.45, 7) is 0.661. The summed E-state index contributed by atoms with van der Waals surface area (Å²) in [6.07, 6.45) is 0. The molecule has 0 saturated heterocycles. The fraction of sp³-hybridized carbons (Fsp3) is 0.176. The van der Waals surface area contributed by atoms with Crippen LogP contribution in [0.4, 0.5) is 0 Å². The van der Waals surface area contributed by atoms with Crippen LogP contribution < -0.4 is 0 Å². The molecular formula is C17H16N2OS2. The molecule has 0 fully saturated rings. The zero-order chi connectivity index (χ0) is 15.4. The number of hydrogen-bond donors (Lipinski definition) is 0. The molecule has 3 aromatic rings. The van der Waals surface area contributed by atoms with E-state index < -0.39 is 0 Å². The number of amides is 1. The van der Waals surface area contributed by atoms with Crippen molar-refractivity contribution in [2.45, 2.75) is 11.6 Å². The molecule has 0 aliphatic carbocycles. The molecule has 0 aliphatic heterocycles. The molecule has 3 rings (SSSR count). The highest BCUT2D eigenvalue weighted by Crippen LogP contribution is 2.20. The van der Waals surface area contributed by atoms with Crippen molar-refractivity contribution < 1.29 is 4.79 Å². The summed E-state index contributed by atoms with van der Waals surface area (Å²) in [5.41, 5.74) is 2.14. The molecule has 1 aromatic carbocycles. The van der Waals surface area contributed by atoms with Crippen LogP contribution in [0.2, 0.25) is 0 Å². The molecular weight excluding hydrogens is 312 g/mol. The lowest BCUT2D eigenvalue weighted by molar-refractivity contribution is -0.127. The van der Waals surface area contributed by atoms with Crippen LogP contribution in [0.15, 0.2) is 58.3 Å². The van der Waals surface area contributed by atoms with E-state index in [-0.39, 0.29) is 5.91 Å². The molecule has 0 spiro atoms. The number of carbonyl (C=O) groups excluding carboxylic acids is 1. The van der Waals surface area contributed by atoms with Crippen molar-refractivity contribution in [2.75, 3.05) is 12.8 Å². The number of hydrogen-bond acceptors (Lipinski definition) is 4.